The van der Waals surface area contributed by atoms with Gasteiger partial charge in [-0.15, -0.1) is 11.8 Å². The van der Waals surface area contributed by atoms with Crippen LogP contribution in [0, 0.1) is 28.6 Å². The summed E-state index contributed by atoms with van der Waals surface area (Å²) in [4.78, 5) is 4.35. The summed E-state index contributed by atoms with van der Waals surface area (Å²) in [5, 5.41) is 20.1. The van der Waals surface area contributed by atoms with Crippen LogP contribution in [0.15, 0.2) is 29.3 Å². The molecule has 7 heteroatoms. The summed E-state index contributed by atoms with van der Waals surface area (Å²) in [6.07, 6.45) is 1.01. The standard InChI is InChI=1S/C21H20N4O2S/c22-7-17-19(15-3-1-14(2-4-15)16-5-6-26-11-16)18(8-23)21(25-20(17)24)28-12-13-9-27-10-13/h1-4,13,16H,5-6,9-12H2,(H2,24,25)/t16-/m1/s1. The highest BCUT2D eigenvalue weighted by molar-refractivity contribution is 7.99. The number of benzene rings is 1. The monoisotopic (exact) mass is 392 g/mol. The van der Waals surface area contributed by atoms with Gasteiger partial charge in [-0.2, -0.15) is 10.5 Å². The molecule has 0 radical (unpaired) electrons. The third kappa shape index (κ3) is 3.57. The molecule has 0 saturated carbocycles. The molecular weight excluding hydrogens is 372 g/mol. The van der Waals surface area contributed by atoms with Crippen molar-refractivity contribution in [3.8, 4) is 23.3 Å². The zero-order valence-corrected chi connectivity index (χ0v) is 16.2. The van der Waals surface area contributed by atoms with Gasteiger partial charge in [0.25, 0.3) is 0 Å². The molecular formula is C21H20N4O2S. The molecule has 2 aliphatic rings. The van der Waals surface area contributed by atoms with Crippen LogP contribution in [-0.4, -0.2) is 37.2 Å². The smallest absolute Gasteiger partial charge is 0.143 e. The minimum atomic E-state index is 0.164. The van der Waals surface area contributed by atoms with Crippen molar-refractivity contribution in [2.75, 3.05) is 37.9 Å². The first-order valence-corrected chi connectivity index (χ1v) is 10.2. The number of anilines is 1. The minimum Gasteiger partial charge on any atom is -0.383 e. The Hall–Kier alpha value is -2.58. The van der Waals surface area contributed by atoms with Crippen LogP contribution in [0.1, 0.15) is 29.0 Å². The lowest BCUT2D eigenvalue weighted by Crippen LogP contribution is -2.29. The molecule has 0 aliphatic carbocycles. The number of hydrogen-bond acceptors (Lipinski definition) is 7. The van der Waals surface area contributed by atoms with Gasteiger partial charge in [0.05, 0.1) is 25.4 Å². The highest BCUT2D eigenvalue weighted by Gasteiger charge is 2.24. The van der Waals surface area contributed by atoms with Crippen molar-refractivity contribution < 1.29 is 9.47 Å². The average molecular weight is 392 g/mol. The number of hydrogen-bond donors (Lipinski definition) is 1. The van der Waals surface area contributed by atoms with Crippen LogP contribution in [0.3, 0.4) is 0 Å². The first kappa shape index (κ1) is 18.8. The summed E-state index contributed by atoms with van der Waals surface area (Å²) in [5.74, 6) is 1.84. The van der Waals surface area contributed by atoms with E-state index in [0.717, 1.165) is 44.2 Å². The SMILES string of the molecule is N#Cc1c(N)nc(SCC2COC2)c(C#N)c1-c1ccc([C@@H]2CCOC2)cc1. The van der Waals surface area contributed by atoms with Gasteiger partial charge in [0.2, 0.25) is 0 Å². The van der Waals surface area contributed by atoms with E-state index in [4.69, 9.17) is 15.2 Å². The highest BCUT2D eigenvalue weighted by Crippen LogP contribution is 2.37. The molecule has 6 nitrogen and oxygen atoms in total. The average Bonchev–Trinajstić information content (AvgIpc) is 3.21. The van der Waals surface area contributed by atoms with Crippen molar-refractivity contribution in [3.63, 3.8) is 0 Å². The molecule has 1 atom stereocenters. The van der Waals surface area contributed by atoms with E-state index < -0.39 is 0 Å². The highest BCUT2D eigenvalue weighted by atomic mass is 32.2. The van der Waals surface area contributed by atoms with Crippen molar-refractivity contribution >= 4 is 17.6 Å². The quantitative estimate of drug-likeness (QED) is 0.778. The lowest BCUT2D eigenvalue weighted by molar-refractivity contribution is -0.0196. The molecule has 0 bridgehead atoms. The van der Waals surface area contributed by atoms with Crippen molar-refractivity contribution in [2.24, 2.45) is 5.92 Å². The first-order chi connectivity index (χ1) is 13.7. The molecule has 1 aromatic heterocycles. The predicted octanol–water partition coefficient (Wildman–Crippen LogP) is 3.32. The van der Waals surface area contributed by atoms with E-state index in [2.05, 4.69) is 17.1 Å². The summed E-state index contributed by atoms with van der Waals surface area (Å²) in [7, 11) is 0. The normalized spacial score (nSPS) is 19.0. The second-order valence-corrected chi connectivity index (χ2v) is 8.06. The molecule has 2 fully saturated rings. The van der Waals surface area contributed by atoms with E-state index in [9.17, 15) is 10.5 Å². The third-order valence-corrected chi connectivity index (χ3v) is 6.39. The number of thioether (sulfide) groups is 1. The molecule has 0 unspecified atom stereocenters. The van der Waals surface area contributed by atoms with E-state index in [-0.39, 0.29) is 11.4 Å². The minimum absolute atomic E-state index is 0.164. The van der Waals surface area contributed by atoms with Crippen LogP contribution in [-0.2, 0) is 9.47 Å². The second-order valence-electron chi connectivity index (χ2n) is 7.05. The lowest BCUT2D eigenvalue weighted by Gasteiger charge is -2.25. The maximum absolute atomic E-state index is 9.84. The largest absolute Gasteiger partial charge is 0.383 e. The van der Waals surface area contributed by atoms with Gasteiger partial charge in [-0.25, -0.2) is 4.98 Å². The molecule has 3 heterocycles. The van der Waals surface area contributed by atoms with Gasteiger partial charge < -0.3 is 15.2 Å². The van der Waals surface area contributed by atoms with Crippen LogP contribution >= 0.6 is 11.8 Å². The van der Waals surface area contributed by atoms with E-state index in [0.29, 0.717) is 28.0 Å². The van der Waals surface area contributed by atoms with Crippen LogP contribution in [0.4, 0.5) is 5.82 Å². The summed E-state index contributed by atoms with van der Waals surface area (Å²) in [5.41, 5.74) is 9.32. The van der Waals surface area contributed by atoms with Gasteiger partial charge in [-0.1, -0.05) is 24.3 Å². The topological polar surface area (TPSA) is 105 Å². The van der Waals surface area contributed by atoms with E-state index in [1.165, 1.54) is 17.3 Å². The number of ether oxygens (including phenoxy) is 2. The number of pyridine rings is 1. The Labute approximate surface area is 168 Å². The Bertz CT molecular complexity index is 952. The zero-order chi connectivity index (χ0) is 19.5. The number of nitrogens with two attached hydrogens (primary N) is 1. The molecule has 142 valence electrons. The Kier molecular flexibility index (Phi) is 5.50. The van der Waals surface area contributed by atoms with Gasteiger partial charge in [0.15, 0.2) is 0 Å². The van der Waals surface area contributed by atoms with Crippen molar-refractivity contribution in [1.82, 2.24) is 4.98 Å². The Morgan fingerprint density at radius 1 is 1.07 bits per heavy atom. The van der Waals surface area contributed by atoms with Crippen LogP contribution in [0.5, 0.6) is 0 Å². The van der Waals surface area contributed by atoms with Crippen LogP contribution in [0.2, 0.25) is 0 Å². The molecule has 2 aromatic rings. The lowest BCUT2D eigenvalue weighted by atomic mass is 9.93. The fourth-order valence-electron chi connectivity index (χ4n) is 3.49. The summed E-state index contributed by atoms with van der Waals surface area (Å²) >= 11 is 1.50. The molecule has 2 N–H and O–H groups in total. The van der Waals surface area contributed by atoms with Gasteiger partial charge >= 0.3 is 0 Å². The number of rotatable bonds is 5. The summed E-state index contributed by atoms with van der Waals surface area (Å²) in [6, 6.07) is 12.4. The van der Waals surface area contributed by atoms with Gasteiger partial charge in [-0.05, 0) is 17.5 Å². The fraction of sp³-hybridized carbons (Fsp3) is 0.381. The molecule has 4 rings (SSSR count). The molecule has 0 amide bonds. The summed E-state index contributed by atoms with van der Waals surface area (Å²) in [6.45, 7) is 3.00. The van der Waals surface area contributed by atoms with E-state index in [1.807, 2.05) is 24.3 Å². The van der Waals surface area contributed by atoms with Crippen molar-refractivity contribution in [2.45, 2.75) is 17.4 Å². The summed E-state index contributed by atoms with van der Waals surface area (Å²) < 4.78 is 10.7. The Morgan fingerprint density at radius 2 is 1.82 bits per heavy atom. The molecule has 2 saturated heterocycles. The van der Waals surface area contributed by atoms with Gasteiger partial charge in [-0.3, -0.25) is 0 Å². The van der Waals surface area contributed by atoms with E-state index >= 15 is 0 Å². The molecule has 0 spiro atoms. The Morgan fingerprint density at radius 3 is 2.39 bits per heavy atom. The fourth-order valence-corrected chi connectivity index (χ4v) is 4.53. The van der Waals surface area contributed by atoms with E-state index in [1.54, 1.807) is 0 Å². The van der Waals surface area contributed by atoms with Crippen molar-refractivity contribution in [1.29, 1.82) is 10.5 Å². The van der Waals surface area contributed by atoms with Crippen LogP contribution in [0.25, 0.3) is 11.1 Å². The Balaban J connectivity index is 1.72. The third-order valence-electron chi connectivity index (χ3n) is 5.18. The molecule has 1 aromatic carbocycles. The maximum atomic E-state index is 9.84. The first-order valence-electron chi connectivity index (χ1n) is 9.23. The van der Waals surface area contributed by atoms with Crippen molar-refractivity contribution in [3.05, 3.63) is 41.0 Å². The second kappa shape index (κ2) is 8.20. The van der Waals surface area contributed by atoms with Crippen LogP contribution < -0.4 is 5.73 Å². The zero-order valence-electron chi connectivity index (χ0n) is 15.4. The predicted molar refractivity (Wildman–Crippen MR) is 107 cm³/mol. The maximum Gasteiger partial charge on any atom is 0.143 e. The number of nitrogen functional groups attached to an aromatic ring is 1. The molecule has 28 heavy (non-hydrogen) atoms. The number of nitrogens with zero attached hydrogens (tertiary/aromatic N) is 3. The molecule has 2 aliphatic heterocycles. The number of aromatic nitrogens is 1. The van der Waals surface area contributed by atoms with Gasteiger partial charge in [0.1, 0.15) is 28.5 Å². The number of nitriles is 2. The van der Waals surface area contributed by atoms with Gasteiger partial charge in [0, 0.05) is 29.8 Å².